The summed E-state index contributed by atoms with van der Waals surface area (Å²) in [6.07, 6.45) is 0. The number of rotatable bonds is 4. The summed E-state index contributed by atoms with van der Waals surface area (Å²) in [7, 11) is 1.92. The molecular formula is C20H14F6O4. The fourth-order valence-corrected chi connectivity index (χ4v) is 3.52. The van der Waals surface area contributed by atoms with Crippen LogP contribution in [0.4, 0.5) is 26.3 Å². The van der Waals surface area contributed by atoms with Gasteiger partial charge in [-0.1, -0.05) is 24.3 Å². The highest BCUT2D eigenvalue weighted by molar-refractivity contribution is 5.90. The molecule has 3 rings (SSSR count). The normalized spacial score (nSPS) is 26.4. The maximum Gasteiger partial charge on any atom is 0.355 e. The number of carbonyl (C=O) groups is 2. The summed E-state index contributed by atoms with van der Waals surface area (Å²) < 4.78 is 97.9. The molecule has 0 unspecified atom stereocenters. The van der Waals surface area contributed by atoms with E-state index < -0.39 is 57.4 Å². The highest BCUT2D eigenvalue weighted by atomic mass is 19.3. The van der Waals surface area contributed by atoms with Crippen molar-refractivity contribution in [3.05, 3.63) is 70.8 Å². The van der Waals surface area contributed by atoms with Crippen molar-refractivity contribution in [2.24, 2.45) is 0 Å². The molecule has 0 N–H and O–H groups in total. The molecule has 2 atom stereocenters. The summed E-state index contributed by atoms with van der Waals surface area (Å²) in [6, 6.07) is 6.35. The number of hydrogen-bond donors (Lipinski definition) is 0. The van der Waals surface area contributed by atoms with E-state index in [2.05, 4.69) is 9.47 Å². The quantitative estimate of drug-likeness (QED) is 0.525. The average molecular weight is 432 g/mol. The Labute approximate surface area is 166 Å². The van der Waals surface area contributed by atoms with E-state index in [9.17, 15) is 27.2 Å². The SMILES string of the molecule is COC(=O)c1cccc([C@@]2(F)C(F)(F)C(F)(F)[C@@]2(F)c2cccc(C(=O)OC)c2)c1. The summed E-state index contributed by atoms with van der Waals surface area (Å²) in [5.41, 5.74) is -12.4. The number of hydrogen-bond acceptors (Lipinski definition) is 4. The van der Waals surface area contributed by atoms with Crippen LogP contribution in [0.2, 0.25) is 0 Å². The first-order valence-corrected chi connectivity index (χ1v) is 8.41. The van der Waals surface area contributed by atoms with E-state index in [0.29, 0.717) is 24.3 Å². The van der Waals surface area contributed by atoms with Gasteiger partial charge in [0, 0.05) is 11.1 Å². The molecule has 10 heteroatoms. The van der Waals surface area contributed by atoms with Gasteiger partial charge in [-0.2, -0.15) is 17.6 Å². The number of halogens is 6. The summed E-state index contributed by atoms with van der Waals surface area (Å²) in [4.78, 5) is 23.3. The van der Waals surface area contributed by atoms with Crippen LogP contribution in [-0.4, -0.2) is 38.0 Å². The van der Waals surface area contributed by atoms with Gasteiger partial charge in [0.1, 0.15) is 0 Å². The molecule has 160 valence electrons. The maximum atomic E-state index is 15.7. The van der Waals surface area contributed by atoms with Crippen LogP contribution in [0.5, 0.6) is 0 Å². The highest BCUT2D eigenvalue weighted by Gasteiger charge is 2.98. The second-order valence-electron chi connectivity index (χ2n) is 6.61. The van der Waals surface area contributed by atoms with E-state index >= 15 is 8.78 Å². The van der Waals surface area contributed by atoms with Crippen molar-refractivity contribution in [1.82, 2.24) is 0 Å². The molecular weight excluding hydrogens is 418 g/mol. The molecule has 4 nitrogen and oxygen atoms in total. The monoisotopic (exact) mass is 432 g/mol. The molecule has 1 fully saturated rings. The van der Waals surface area contributed by atoms with Gasteiger partial charge in [-0.25, -0.2) is 18.4 Å². The molecule has 0 bridgehead atoms. The van der Waals surface area contributed by atoms with Gasteiger partial charge in [0.2, 0.25) is 11.3 Å². The van der Waals surface area contributed by atoms with Crippen LogP contribution in [0, 0.1) is 0 Å². The minimum Gasteiger partial charge on any atom is -0.465 e. The Bertz CT molecular complexity index is 942. The summed E-state index contributed by atoms with van der Waals surface area (Å²) in [5.74, 6) is -13.1. The van der Waals surface area contributed by atoms with Gasteiger partial charge in [0.15, 0.2) is 0 Å². The fraction of sp³-hybridized carbons (Fsp3) is 0.300. The van der Waals surface area contributed by atoms with Crippen LogP contribution in [-0.2, 0) is 20.8 Å². The third-order valence-electron chi connectivity index (χ3n) is 5.10. The molecule has 2 aromatic carbocycles. The lowest BCUT2D eigenvalue weighted by Crippen LogP contribution is -2.82. The number of ether oxygens (including phenoxy) is 2. The second-order valence-corrected chi connectivity index (χ2v) is 6.61. The van der Waals surface area contributed by atoms with Crippen LogP contribution in [0.3, 0.4) is 0 Å². The zero-order chi connectivity index (χ0) is 22.5. The molecule has 0 aromatic heterocycles. The van der Waals surface area contributed by atoms with E-state index in [-0.39, 0.29) is 0 Å². The third kappa shape index (κ3) is 2.42. The van der Waals surface area contributed by atoms with E-state index in [1.54, 1.807) is 0 Å². The lowest BCUT2D eigenvalue weighted by atomic mass is 9.55. The molecule has 0 heterocycles. The van der Waals surface area contributed by atoms with Crippen LogP contribution in [0.15, 0.2) is 48.5 Å². The van der Waals surface area contributed by atoms with Gasteiger partial charge in [0.25, 0.3) is 0 Å². The molecule has 1 saturated carbocycles. The number of esters is 2. The Kier molecular flexibility index (Phi) is 4.87. The summed E-state index contributed by atoms with van der Waals surface area (Å²) >= 11 is 0. The fourth-order valence-electron chi connectivity index (χ4n) is 3.52. The average Bonchev–Trinajstić information content (AvgIpc) is 2.76. The van der Waals surface area contributed by atoms with E-state index in [0.717, 1.165) is 38.5 Å². The topological polar surface area (TPSA) is 52.6 Å². The van der Waals surface area contributed by atoms with Crippen molar-refractivity contribution in [3.8, 4) is 0 Å². The number of carbonyl (C=O) groups excluding carboxylic acids is 2. The van der Waals surface area contributed by atoms with Crippen molar-refractivity contribution in [1.29, 1.82) is 0 Å². The predicted octanol–water partition coefficient (Wildman–Crippen LogP) is 4.57. The van der Waals surface area contributed by atoms with Crippen molar-refractivity contribution in [2.75, 3.05) is 14.2 Å². The zero-order valence-electron chi connectivity index (χ0n) is 15.5. The molecule has 1 aliphatic rings. The Morgan fingerprint density at radius 1 is 0.667 bits per heavy atom. The van der Waals surface area contributed by atoms with Gasteiger partial charge >= 0.3 is 23.8 Å². The molecule has 2 aromatic rings. The molecule has 0 aliphatic heterocycles. The Morgan fingerprint density at radius 2 is 1.00 bits per heavy atom. The minimum absolute atomic E-state index is 0.441. The van der Waals surface area contributed by atoms with Crippen molar-refractivity contribution in [2.45, 2.75) is 23.2 Å². The standard InChI is InChI=1S/C20H14F6O4/c1-29-15(27)11-5-3-7-13(9-11)17(21)18(22,20(25,26)19(17,23)24)14-8-4-6-12(10-14)16(28)30-2/h3-10H,1-2H3/t17-,18+. The Balaban J connectivity index is 2.25. The summed E-state index contributed by atoms with van der Waals surface area (Å²) in [5, 5.41) is 0. The van der Waals surface area contributed by atoms with Crippen molar-refractivity contribution >= 4 is 11.9 Å². The van der Waals surface area contributed by atoms with Gasteiger partial charge in [-0.05, 0) is 24.3 Å². The van der Waals surface area contributed by atoms with Gasteiger partial charge in [-0.3, -0.25) is 0 Å². The van der Waals surface area contributed by atoms with E-state index in [4.69, 9.17) is 0 Å². The van der Waals surface area contributed by atoms with Crippen molar-refractivity contribution < 1.29 is 45.4 Å². The van der Waals surface area contributed by atoms with Gasteiger partial charge in [0.05, 0.1) is 25.3 Å². The van der Waals surface area contributed by atoms with Gasteiger partial charge < -0.3 is 9.47 Å². The Morgan fingerprint density at radius 3 is 1.30 bits per heavy atom. The van der Waals surface area contributed by atoms with Crippen LogP contribution in [0.1, 0.15) is 31.8 Å². The molecule has 0 saturated heterocycles. The Hall–Kier alpha value is -3.04. The lowest BCUT2D eigenvalue weighted by Gasteiger charge is -2.58. The third-order valence-corrected chi connectivity index (χ3v) is 5.10. The first-order valence-electron chi connectivity index (χ1n) is 8.41. The number of benzene rings is 2. The second kappa shape index (κ2) is 6.75. The smallest absolute Gasteiger partial charge is 0.355 e. The molecule has 1 aliphatic carbocycles. The predicted molar refractivity (Wildman–Crippen MR) is 91.0 cm³/mol. The minimum atomic E-state index is -5.47. The number of alkyl halides is 6. The first-order chi connectivity index (χ1) is 13.9. The van der Waals surface area contributed by atoms with Crippen LogP contribution in [0.25, 0.3) is 0 Å². The van der Waals surface area contributed by atoms with E-state index in [1.165, 1.54) is 0 Å². The first kappa shape index (κ1) is 21.7. The highest BCUT2D eigenvalue weighted by Crippen LogP contribution is 2.76. The van der Waals surface area contributed by atoms with E-state index in [1.807, 2.05) is 0 Å². The molecule has 0 radical (unpaired) electrons. The molecule has 0 spiro atoms. The summed E-state index contributed by atoms with van der Waals surface area (Å²) in [6.45, 7) is 0. The van der Waals surface area contributed by atoms with Gasteiger partial charge in [-0.15, -0.1) is 0 Å². The largest absolute Gasteiger partial charge is 0.465 e. The maximum absolute atomic E-state index is 15.7. The lowest BCUT2D eigenvalue weighted by molar-refractivity contribution is -0.451. The van der Waals surface area contributed by atoms with Crippen LogP contribution < -0.4 is 0 Å². The number of methoxy groups -OCH3 is 2. The van der Waals surface area contributed by atoms with Crippen LogP contribution >= 0.6 is 0 Å². The molecule has 0 amide bonds. The molecule has 30 heavy (non-hydrogen) atoms. The zero-order valence-corrected chi connectivity index (χ0v) is 15.5. The van der Waals surface area contributed by atoms with Crippen molar-refractivity contribution in [3.63, 3.8) is 0 Å².